The molecule has 12 aromatic rings. The van der Waals surface area contributed by atoms with E-state index in [4.69, 9.17) is 0 Å². The van der Waals surface area contributed by atoms with E-state index in [-0.39, 0.29) is 0 Å². The Hall–Kier alpha value is -9.58. The van der Waals surface area contributed by atoms with Gasteiger partial charge >= 0.3 is 0 Å². The molecule has 0 aliphatic rings. The zero-order chi connectivity index (χ0) is 66.0. The van der Waals surface area contributed by atoms with Gasteiger partial charge in [-0.25, -0.2) is 67.3 Å². The first-order valence-corrected chi connectivity index (χ1v) is 40.9. The highest BCUT2D eigenvalue weighted by Crippen LogP contribution is 2.38. The van der Waals surface area contributed by atoms with Crippen LogP contribution in [0.3, 0.4) is 0 Å². The first kappa shape index (κ1) is 63.6. The molecule has 33 heteroatoms. The van der Waals surface area contributed by atoms with E-state index in [2.05, 4.69) is 40.8 Å². The molecule has 0 aliphatic heterocycles. The Morgan fingerprint density at radius 1 is 0.194 bits per heavy atom. The molecule has 0 saturated heterocycles. The number of sulfone groups is 8. The largest absolute Gasteiger partial charge is 0.266 e. The summed E-state index contributed by atoms with van der Waals surface area (Å²) >= 11 is 0. The normalized spacial score (nSPS) is 13.0. The molecule has 12 rings (SSSR count). The van der Waals surface area contributed by atoms with Gasteiger partial charge in [0.15, 0.2) is 40.2 Å². The molecule has 8 aromatic carbocycles. The molecule has 472 valence electrons. The summed E-state index contributed by atoms with van der Waals surface area (Å²) in [6.45, 7) is 0. The monoisotopic (exact) mass is 1420 g/mol. The molecule has 4 heterocycles. The number of aromatic nitrogens is 8. The predicted octanol–water partition coefficient (Wildman–Crippen LogP) is 4.62. The first-order chi connectivity index (χ1) is 44.2. The minimum absolute atomic E-state index is 0.786. The second-order valence-corrected chi connectivity index (χ2v) is 38.7. The van der Waals surface area contributed by atoms with Crippen molar-refractivity contribution in [2.24, 2.45) is 0 Å². The van der Waals surface area contributed by atoms with Crippen LogP contribution in [-0.4, -0.2) is 116 Å². The van der Waals surface area contributed by atoms with Crippen LogP contribution in [0.2, 0.25) is 0 Å². The molecule has 4 N–H and O–H groups in total. The van der Waals surface area contributed by atoms with Crippen LogP contribution in [0.5, 0.6) is 0 Å². The number of nitrogens with zero attached hydrogens (tertiary/aromatic N) is 4. The minimum atomic E-state index is -7.80. The van der Waals surface area contributed by atoms with Crippen LogP contribution >= 0.6 is 0 Å². The van der Waals surface area contributed by atoms with Crippen molar-refractivity contribution in [3.63, 3.8) is 0 Å². The van der Waals surface area contributed by atoms with Gasteiger partial charge in [0.05, 0.1) is 39.2 Å². The molecule has 0 atom stereocenters. The molecule has 93 heavy (non-hydrogen) atoms. The van der Waals surface area contributed by atoms with Gasteiger partial charge in [0.2, 0.25) is 86.8 Å². The maximum absolute atomic E-state index is 16.5. The van der Waals surface area contributed by atoms with E-state index in [1.165, 1.54) is 146 Å². The van der Waals surface area contributed by atoms with Gasteiger partial charge in [0.1, 0.15) is 0 Å². The highest BCUT2D eigenvalue weighted by Gasteiger charge is 2.64. The molecule has 0 saturated carbocycles. The highest BCUT2D eigenvalue weighted by molar-refractivity contribution is 7.95. The van der Waals surface area contributed by atoms with E-state index >= 15 is 67.3 Å². The SMILES string of the molecule is O=S(=O)(c1ccccc1)c1n[nH]c(S(=O)(=O)c2ccccc2)c1[Si](c1c(S(=O)(=O)c2ccccc2)n[nH]c1S(=O)(=O)c1ccccc1)(c1c(S(=O)(=O)c2ccccc2)n[nH]c1S(=O)(=O)c1ccccc1)c1c(S(=O)(=O)c2ccccc2)n[nH]c1S(=O)(=O)c1ccccc1. The third-order valence-corrected chi connectivity index (χ3v) is 34.9. The molecule has 4 aromatic heterocycles. The lowest BCUT2D eigenvalue weighted by atomic mass is 10.4. The fourth-order valence-electron chi connectivity index (χ4n) is 10.6. The van der Waals surface area contributed by atoms with Crippen molar-refractivity contribution in [3.8, 4) is 0 Å². The fraction of sp³-hybridized carbons (Fsp3) is 0. The second kappa shape index (κ2) is 23.5. The lowest BCUT2D eigenvalue weighted by Gasteiger charge is -2.35. The van der Waals surface area contributed by atoms with Gasteiger partial charge in [-0.05, 0) is 97.1 Å². The molecular formula is C60H44N8O16S8Si. The lowest BCUT2D eigenvalue weighted by Crippen LogP contribution is -2.79. The number of aromatic amines is 4. The van der Waals surface area contributed by atoms with Crippen LogP contribution in [0.15, 0.2) is 322 Å². The third-order valence-electron chi connectivity index (χ3n) is 14.8. The standard InChI is InChI=1S/C60H44N8O16S8Si/c69-85(70,41-25-9-1-10-26-41)53-49(54(62-61-53)86(71,72)42-27-11-2-12-28-42)93(50-55(87(73,74)43-29-13-3-14-30-43)63-64-56(50)88(75,76)44-31-15-4-16-32-44,51-57(89(77,78)45-33-17-5-18-34-45)65-66-58(51)90(79,80)46-35-19-6-20-36-46)52-59(91(81,82)47-37-21-7-22-38-47)67-68-60(52)92(83,84)48-39-23-8-24-40-48/h1-40H,(H,61,62)(H,63,64)(H,65,66)(H,67,68). The third kappa shape index (κ3) is 10.4. The summed E-state index contributed by atoms with van der Waals surface area (Å²) in [5, 5.41) is 6.48. The fourth-order valence-corrected chi connectivity index (χ4v) is 32.6. The van der Waals surface area contributed by atoms with Crippen molar-refractivity contribution in [1.82, 2.24) is 40.8 Å². The quantitative estimate of drug-likeness (QED) is 0.0756. The highest BCUT2D eigenvalue weighted by atomic mass is 32.2. The summed E-state index contributed by atoms with van der Waals surface area (Å²) in [6, 6.07) is 45.8. The summed E-state index contributed by atoms with van der Waals surface area (Å²) in [4.78, 5) is -6.34. The zero-order valence-electron chi connectivity index (χ0n) is 47.2. The van der Waals surface area contributed by atoms with E-state index in [9.17, 15) is 0 Å². The Labute approximate surface area is 533 Å². The van der Waals surface area contributed by atoms with Crippen molar-refractivity contribution in [3.05, 3.63) is 243 Å². The molecule has 0 spiro atoms. The predicted molar refractivity (Wildman–Crippen MR) is 334 cm³/mol. The topological polar surface area (TPSA) is 388 Å². The van der Waals surface area contributed by atoms with E-state index < -0.39 is 187 Å². The lowest BCUT2D eigenvalue weighted by molar-refractivity contribution is 0.589. The Balaban J connectivity index is 1.54. The van der Waals surface area contributed by atoms with Crippen LogP contribution in [0.25, 0.3) is 0 Å². The summed E-state index contributed by atoms with van der Waals surface area (Å²) in [6.07, 6.45) is 0. The van der Waals surface area contributed by atoms with Crippen molar-refractivity contribution < 1.29 is 67.3 Å². The molecule has 0 amide bonds. The van der Waals surface area contributed by atoms with Gasteiger partial charge in [-0.15, -0.1) is 0 Å². The van der Waals surface area contributed by atoms with Crippen LogP contribution in [0.1, 0.15) is 0 Å². The van der Waals surface area contributed by atoms with Gasteiger partial charge in [0.25, 0.3) is 0 Å². The molecule has 0 radical (unpaired) electrons. The van der Waals surface area contributed by atoms with Crippen LogP contribution in [0.4, 0.5) is 0 Å². The maximum Gasteiger partial charge on any atom is 0.225 e. The molecule has 0 fully saturated rings. The smallest absolute Gasteiger partial charge is 0.225 e. The number of rotatable bonds is 20. The van der Waals surface area contributed by atoms with E-state index in [0.29, 0.717) is 0 Å². The summed E-state index contributed by atoms with van der Waals surface area (Å²) < 4.78 is 264. The Bertz CT molecular complexity index is 4760. The second-order valence-electron chi connectivity index (χ2n) is 20.2. The number of nitrogens with one attached hydrogen (secondary N) is 4. The van der Waals surface area contributed by atoms with Crippen molar-refractivity contribution >= 4 is 108 Å². The van der Waals surface area contributed by atoms with Gasteiger partial charge in [-0.3, -0.25) is 20.4 Å². The summed E-state index contributed by atoms with van der Waals surface area (Å²) in [5.41, 5.74) is 0. The van der Waals surface area contributed by atoms with Crippen LogP contribution in [-0.2, 0) is 78.7 Å². The van der Waals surface area contributed by atoms with Crippen molar-refractivity contribution in [2.75, 3.05) is 0 Å². The molecule has 0 aliphatic carbocycles. The van der Waals surface area contributed by atoms with Gasteiger partial charge < -0.3 is 0 Å². The van der Waals surface area contributed by atoms with Gasteiger partial charge in [-0.1, -0.05) is 146 Å². The molecule has 0 bridgehead atoms. The average molecular weight is 1420 g/mol. The molecule has 0 unspecified atom stereocenters. The summed E-state index contributed by atoms with van der Waals surface area (Å²) in [7, 11) is -54.2. The minimum Gasteiger partial charge on any atom is -0.266 e. The van der Waals surface area contributed by atoms with E-state index in [1.54, 1.807) is 0 Å². The van der Waals surface area contributed by atoms with E-state index in [1.807, 2.05) is 0 Å². The number of benzene rings is 8. The summed E-state index contributed by atoms with van der Waals surface area (Å²) in [5.74, 6) is 0. The average Bonchev–Trinajstić information content (AvgIpc) is 1.58. The number of hydrogen-bond acceptors (Lipinski definition) is 20. The van der Waals surface area contributed by atoms with Crippen LogP contribution in [0, 0.1) is 0 Å². The van der Waals surface area contributed by atoms with Gasteiger partial charge in [-0.2, -0.15) is 20.4 Å². The first-order valence-electron chi connectivity index (χ1n) is 27.0. The van der Waals surface area contributed by atoms with E-state index in [0.717, 1.165) is 97.1 Å². The Kier molecular flexibility index (Phi) is 16.1. The Morgan fingerprint density at radius 2 is 0.323 bits per heavy atom. The maximum atomic E-state index is 16.5. The van der Waals surface area contributed by atoms with Gasteiger partial charge in [0, 0.05) is 20.7 Å². The van der Waals surface area contributed by atoms with Crippen LogP contribution < -0.4 is 20.7 Å². The zero-order valence-corrected chi connectivity index (χ0v) is 54.7. The van der Waals surface area contributed by atoms with Crippen molar-refractivity contribution in [2.45, 2.75) is 79.4 Å². The van der Waals surface area contributed by atoms with Crippen molar-refractivity contribution in [1.29, 1.82) is 0 Å². The Morgan fingerprint density at radius 3 is 0.462 bits per heavy atom. The number of hydrogen-bond donors (Lipinski definition) is 4. The molecular weight excluding hydrogens is 1370 g/mol. The number of H-pyrrole nitrogens is 4. The molecule has 24 nitrogen and oxygen atoms in total.